The minimum Gasteiger partial charge on any atom is -0.368 e. The molecule has 0 heterocycles. The van der Waals surface area contributed by atoms with Crippen LogP contribution in [0.1, 0.15) is 18.1 Å². The third-order valence-electron chi connectivity index (χ3n) is 4.06. The molecular weight excluding hydrogens is 385 g/mol. The third kappa shape index (κ3) is 6.66. The van der Waals surface area contributed by atoms with Crippen LogP contribution < -0.4 is 16.4 Å². The average Bonchev–Trinajstić information content (AvgIpc) is 2.63. The number of primary amides is 1. The topological polar surface area (TPSA) is 101 Å². The highest BCUT2D eigenvalue weighted by Gasteiger charge is 2.25. The van der Waals surface area contributed by atoms with E-state index < -0.39 is 35.6 Å². The molecular formula is C20H21ClFN3O3. The molecule has 0 saturated carbocycles. The molecule has 0 aromatic heterocycles. The van der Waals surface area contributed by atoms with E-state index in [2.05, 4.69) is 10.6 Å². The van der Waals surface area contributed by atoms with Crippen LogP contribution in [0.25, 0.3) is 0 Å². The van der Waals surface area contributed by atoms with E-state index in [1.165, 1.54) is 31.2 Å². The quantitative estimate of drug-likeness (QED) is 0.623. The summed E-state index contributed by atoms with van der Waals surface area (Å²) in [5.74, 6) is -2.07. The summed E-state index contributed by atoms with van der Waals surface area (Å²) in [5, 5.41) is 5.67. The van der Waals surface area contributed by atoms with Gasteiger partial charge in [0.1, 0.15) is 17.9 Å². The number of benzene rings is 2. The van der Waals surface area contributed by atoms with E-state index in [0.29, 0.717) is 10.6 Å². The molecule has 0 saturated heterocycles. The summed E-state index contributed by atoms with van der Waals surface area (Å²) in [6, 6.07) is 10.5. The van der Waals surface area contributed by atoms with Crippen LogP contribution in [0.5, 0.6) is 0 Å². The number of nitrogens with two attached hydrogens (primary N) is 1. The highest BCUT2D eigenvalue weighted by molar-refractivity contribution is 6.30. The van der Waals surface area contributed by atoms with Crippen LogP contribution in [-0.4, -0.2) is 29.8 Å². The van der Waals surface area contributed by atoms with Gasteiger partial charge in [0.2, 0.25) is 17.7 Å². The van der Waals surface area contributed by atoms with Crippen LogP contribution in [0.15, 0.2) is 48.5 Å². The first-order chi connectivity index (χ1) is 13.2. The largest absolute Gasteiger partial charge is 0.368 e. The molecule has 8 heteroatoms. The van der Waals surface area contributed by atoms with Gasteiger partial charge in [0, 0.05) is 24.8 Å². The van der Waals surface area contributed by atoms with Crippen LogP contribution in [0, 0.1) is 5.82 Å². The summed E-state index contributed by atoms with van der Waals surface area (Å²) < 4.78 is 13.1. The monoisotopic (exact) mass is 405 g/mol. The van der Waals surface area contributed by atoms with E-state index in [0.717, 1.165) is 5.56 Å². The second-order valence-corrected chi connectivity index (χ2v) is 6.81. The SMILES string of the molecule is CC(=O)N[C@H](Cc1ccc(F)cc1)C(=O)N[C@@H](Cc1ccc(Cl)cc1)C(N)=O. The lowest BCUT2D eigenvalue weighted by atomic mass is 10.0. The molecule has 0 unspecified atom stereocenters. The second kappa shape index (κ2) is 9.85. The Hall–Kier alpha value is -2.93. The zero-order valence-electron chi connectivity index (χ0n) is 15.2. The number of carbonyl (C=O) groups is 3. The van der Waals surface area contributed by atoms with Gasteiger partial charge in [-0.2, -0.15) is 0 Å². The molecule has 2 rings (SSSR count). The molecule has 2 atom stereocenters. The Morgan fingerprint density at radius 2 is 1.43 bits per heavy atom. The molecule has 0 aliphatic heterocycles. The van der Waals surface area contributed by atoms with E-state index in [-0.39, 0.29) is 12.8 Å². The van der Waals surface area contributed by atoms with E-state index in [9.17, 15) is 18.8 Å². The summed E-state index contributed by atoms with van der Waals surface area (Å²) in [6.45, 7) is 1.28. The van der Waals surface area contributed by atoms with Crippen molar-refractivity contribution >= 4 is 29.3 Å². The highest BCUT2D eigenvalue weighted by Crippen LogP contribution is 2.12. The molecule has 0 aliphatic rings. The predicted octanol–water partition coefficient (Wildman–Crippen LogP) is 1.74. The number of hydrogen-bond donors (Lipinski definition) is 3. The van der Waals surface area contributed by atoms with E-state index in [4.69, 9.17) is 17.3 Å². The summed E-state index contributed by atoms with van der Waals surface area (Å²) in [4.78, 5) is 36.0. The fraction of sp³-hybridized carbons (Fsp3) is 0.250. The molecule has 0 aliphatic carbocycles. The van der Waals surface area contributed by atoms with Crippen LogP contribution in [0.2, 0.25) is 5.02 Å². The minimum atomic E-state index is -0.960. The van der Waals surface area contributed by atoms with Crippen molar-refractivity contribution in [2.45, 2.75) is 31.8 Å². The normalized spacial score (nSPS) is 12.7. The van der Waals surface area contributed by atoms with Crippen molar-refractivity contribution in [1.82, 2.24) is 10.6 Å². The van der Waals surface area contributed by atoms with Crippen molar-refractivity contribution < 1.29 is 18.8 Å². The van der Waals surface area contributed by atoms with Gasteiger partial charge in [-0.3, -0.25) is 14.4 Å². The summed E-state index contributed by atoms with van der Waals surface area (Å²) in [6.07, 6.45) is 0.319. The maximum Gasteiger partial charge on any atom is 0.243 e. The van der Waals surface area contributed by atoms with Crippen LogP contribution in [0.3, 0.4) is 0 Å². The molecule has 2 aromatic carbocycles. The number of carbonyl (C=O) groups excluding carboxylic acids is 3. The smallest absolute Gasteiger partial charge is 0.243 e. The summed E-state index contributed by atoms with van der Waals surface area (Å²) in [5.41, 5.74) is 6.85. The van der Waals surface area contributed by atoms with Crippen LogP contribution in [0.4, 0.5) is 4.39 Å². The van der Waals surface area contributed by atoms with Crippen LogP contribution >= 0.6 is 11.6 Å². The van der Waals surface area contributed by atoms with E-state index in [1.54, 1.807) is 24.3 Å². The van der Waals surface area contributed by atoms with Crippen molar-refractivity contribution in [3.05, 3.63) is 70.5 Å². The minimum absolute atomic E-state index is 0.137. The van der Waals surface area contributed by atoms with Gasteiger partial charge >= 0.3 is 0 Å². The number of nitrogens with one attached hydrogen (secondary N) is 2. The van der Waals surface area contributed by atoms with E-state index in [1.807, 2.05) is 0 Å². The Balaban J connectivity index is 2.11. The van der Waals surface area contributed by atoms with Gasteiger partial charge in [-0.15, -0.1) is 0 Å². The van der Waals surface area contributed by atoms with Gasteiger partial charge in [-0.05, 0) is 35.4 Å². The summed E-state index contributed by atoms with van der Waals surface area (Å²) >= 11 is 5.85. The van der Waals surface area contributed by atoms with Crippen molar-refractivity contribution in [2.75, 3.05) is 0 Å². The average molecular weight is 406 g/mol. The fourth-order valence-corrected chi connectivity index (χ4v) is 2.79. The molecule has 0 radical (unpaired) electrons. The van der Waals surface area contributed by atoms with Crippen LogP contribution in [-0.2, 0) is 27.2 Å². The Kier molecular flexibility index (Phi) is 7.52. The number of amides is 3. The van der Waals surface area contributed by atoms with Gasteiger partial charge in [-0.1, -0.05) is 35.9 Å². The lowest BCUT2D eigenvalue weighted by Crippen LogP contribution is -2.54. The molecule has 2 aromatic rings. The number of rotatable bonds is 8. The first-order valence-electron chi connectivity index (χ1n) is 8.60. The van der Waals surface area contributed by atoms with Crippen molar-refractivity contribution in [3.63, 3.8) is 0 Å². The first-order valence-corrected chi connectivity index (χ1v) is 8.98. The molecule has 3 amide bonds. The highest BCUT2D eigenvalue weighted by atomic mass is 35.5. The van der Waals surface area contributed by atoms with Gasteiger partial charge in [0.25, 0.3) is 0 Å². The fourth-order valence-electron chi connectivity index (χ4n) is 2.66. The van der Waals surface area contributed by atoms with E-state index >= 15 is 0 Å². The van der Waals surface area contributed by atoms with Gasteiger partial charge in [0.05, 0.1) is 0 Å². The lowest BCUT2D eigenvalue weighted by Gasteiger charge is -2.22. The van der Waals surface area contributed by atoms with Gasteiger partial charge < -0.3 is 16.4 Å². The molecule has 28 heavy (non-hydrogen) atoms. The Labute approximate surface area is 167 Å². The Morgan fingerprint density at radius 3 is 1.93 bits per heavy atom. The summed E-state index contributed by atoms with van der Waals surface area (Å²) in [7, 11) is 0. The standard InChI is InChI=1S/C20H21ClFN3O3/c1-12(26)24-18(11-14-4-8-16(22)9-5-14)20(28)25-17(19(23)27)10-13-2-6-15(21)7-3-13/h2-9,17-18H,10-11H2,1H3,(H2,23,27)(H,24,26)(H,25,28)/t17-,18+/m0/s1. The zero-order chi connectivity index (χ0) is 20.7. The second-order valence-electron chi connectivity index (χ2n) is 6.38. The van der Waals surface area contributed by atoms with Gasteiger partial charge in [0.15, 0.2) is 0 Å². The molecule has 6 nitrogen and oxygen atoms in total. The molecule has 0 fully saturated rings. The molecule has 0 bridgehead atoms. The van der Waals surface area contributed by atoms with Gasteiger partial charge in [-0.25, -0.2) is 4.39 Å². The lowest BCUT2D eigenvalue weighted by molar-refractivity contribution is -0.130. The van der Waals surface area contributed by atoms with Crippen molar-refractivity contribution in [3.8, 4) is 0 Å². The maximum atomic E-state index is 13.1. The molecule has 0 spiro atoms. The Bertz CT molecular complexity index is 841. The molecule has 148 valence electrons. The third-order valence-corrected chi connectivity index (χ3v) is 4.31. The zero-order valence-corrected chi connectivity index (χ0v) is 16.0. The van der Waals surface area contributed by atoms with Crippen molar-refractivity contribution in [1.29, 1.82) is 0 Å². The maximum absolute atomic E-state index is 13.1. The number of hydrogen-bond acceptors (Lipinski definition) is 3. The molecule has 4 N–H and O–H groups in total. The first kappa shape index (κ1) is 21.4. The Morgan fingerprint density at radius 1 is 0.929 bits per heavy atom. The van der Waals surface area contributed by atoms with Crippen molar-refractivity contribution in [2.24, 2.45) is 5.73 Å². The number of halogens is 2. The predicted molar refractivity (Wildman–Crippen MR) is 104 cm³/mol.